The molecule has 0 bridgehead atoms. The van der Waals surface area contributed by atoms with E-state index >= 15 is 0 Å². The van der Waals surface area contributed by atoms with E-state index in [1.807, 2.05) is 57.2 Å². The Hall–Kier alpha value is -2.82. The molecular formula is C26H36N2O3. The summed E-state index contributed by atoms with van der Waals surface area (Å²) >= 11 is 0. The topological polar surface area (TPSA) is 58.6 Å². The smallest absolute Gasteiger partial charge is 0.242 e. The summed E-state index contributed by atoms with van der Waals surface area (Å²) in [5.74, 6) is 0.595. The molecule has 2 aromatic carbocycles. The van der Waals surface area contributed by atoms with Crippen LogP contribution in [0.2, 0.25) is 0 Å². The molecule has 2 rings (SSSR count). The van der Waals surface area contributed by atoms with Crippen LogP contribution in [0.1, 0.15) is 55.4 Å². The van der Waals surface area contributed by atoms with Crippen LogP contribution in [-0.2, 0) is 22.6 Å². The molecule has 2 aromatic rings. The number of carbonyl (C=O) groups excluding carboxylic acids is 2. The summed E-state index contributed by atoms with van der Waals surface area (Å²) in [7, 11) is 1.62. The number of nitrogens with one attached hydrogen (secondary N) is 1. The molecule has 0 aliphatic carbocycles. The van der Waals surface area contributed by atoms with Gasteiger partial charge in [-0.15, -0.1) is 0 Å². The second-order valence-corrected chi connectivity index (χ2v) is 8.11. The van der Waals surface area contributed by atoms with Gasteiger partial charge in [-0.05, 0) is 49.9 Å². The van der Waals surface area contributed by atoms with Crippen LogP contribution in [0.15, 0.2) is 42.5 Å². The lowest BCUT2D eigenvalue weighted by Gasteiger charge is -2.31. The highest BCUT2D eigenvalue weighted by Gasteiger charge is 2.28. The number of hydrogen-bond donors (Lipinski definition) is 1. The molecule has 1 atom stereocenters. The molecule has 168 valence electrons. The Morgan fingerprint density at radius 3 is 2.35 bits per heavy atom. The number of aryl methyl sites for hydroxylation is 2. The van der Waals surface area contributed by atoms with Crippen molar-refractivity contribution in [2.75, 3.05) is 13.7 Å². The monoisotopic (exact) mass is 424 g/mol. The maximum atomic E-state index is 13.4. The number of rotatable bonds is 11. The summed E-state index contributed by atoms with van der Waals surface area (Å²) in [6.45, 7) is 9.10. The molecule has 0 saturated heterocycles. The lowest BCUT2D eigenvalue weighted by atomic mass is 10.0. The fourth-order valence-corrected chi connectivity index (χ4v) is 3.84. The van der Waals surface area contributed by atoms with Crippen molar-refractivity contribution in [2.24, 2.45) is 0 Å². The van der Waals surface area contributed by atoms with E-state index in [1.165, 1.54) is 0 Å². The number of amides is 2. The van der Waals surface area contributed by atoms with Gasteiger partial charge < -0.3 is 15.0 Å². The van der Waals surface area contributed by atoms with Crippen LogP contribution in [-0.4, -0.2) is 36.4 Å². The Kier molecular flexibility index (Phi) is 9.57. The first kappa shape index (κ1) is 24.4. The van der Waals surface area contributed by atoms with Crippen LogP contribution in [0.25, 0.3) is 0 Å². The van der Waals surface area contributed by atoms with E-state index in [1.54, 1.807) is 12.0 Å². The van der Waals surface area contributed by atoms with Gasteiger partial charge in [-0.3, -0.25) is 9.59 Å². The van der Waals surface area contributed by atoms with Crippen molar-refractivity contribution < 1.29 is 14.3 Å². The molecule has 0 spiro atoms. The molecule has 31 heavy (non-hydrogen) atoms. The SMILES string of the molecule is CCCCNC(=O)[C@H](CC)N(Cc1cccc(OC)c1)C(=O)Cc1cc(C)cc(C)c1. The van der Waals surface area contributed by atoms with Gasteiger partial charge in [0, 0.05) is 13.1 Å². The quantitative estimate of drug-likeness (QED) is 0.537. The van der Waals surface area contributed by atoms with Crippen molar-refractivity contribution >= 4 is 11.8 Å². The zero-order valence-electron chi connectivity index (χ0n) is 19.5. The highest BCUT2D eigenvalue weighted by atomic mass is 16.5. The highest BCUT2D eigenvalue weighted by molar-refractivity contribution is 5.88. The third-order valence-electron chi connectivity index (χ3n) is 5.34. The zero-order chi connectivity index (χ0) is 22.8. The van der Waals surface area contributed by atoms with Gasteiger partial charge in [-0.1, -0.05) is 61.7 Å². The summed E-state index contributed by atoms with van der Waals surface area (Å²) < 4.78 is 5.34. The second kappa shape index (κ2) is 12.1. The number of carbonyl (C=O) groups is 2. The van der Waals surface area contributed by atoms with Gasteiger partial charge in [0.2, 0.25) is 11.8 Å². The van der Waals surface area contributed by atoms with Crippen molar-refractivity contribution in [3.8, 4) is 5.75 Å². The van der Waals surface area contributed by atoms with E-state index in [0.29, 0.717) is 19.5 Å². The van der Waals surface area contributed by atoms with Gasteiger partial charge in [0.25, 0.3) is 0 Å². The van der Waals surface area contributed by atoms with Crippen LogP contribution >= 0.6 is 0 Å². The molecule has 5 nitrogen and oxygen atoms in total. The van der Waals surface area contributed by atoms with Crippen molar-refractivity contribution in [2.45, 2.75) is 66.0 Å². The first-order chi connectivity index (χ1) is 14.9. The maximum absolute atomic E-state index is 13.4. The number of methoxy groups -OCH3 is 1. The van der Waals surface area contributed by atoms with E-state index in [2.05, 4.69) is 18.3 Å². The van der Waals surface area contributed by atoms with Gasteiger partial charge in [0.1, 0.15) is 11.8 Å². The van der Waals surface area contributed by atoms with E-state index in [0.717, 1.165) is 40.8 Å². The Bertz CT molecular complexity index is 858. The summed E-state index contributed by atoms with van der Waals surface area (Å²) in [5.41, 5.74) is 4.17. The van der Waals surface area contributed by atoms with Gasteiger partial charge in [0.15, 0.2) is 0 Å². The molecule has 5 heteroatoms. The van der Waals surface area contributed by atoms with Gasteiger partial charge in [0.05, 0.1) is 13.5 Å². The fourth-order valence-electron chi connectivity index (χ4n) is 3.84. The summed E-state index contributed by atoms with van der Waals surface area (Å²) in [6, 6.07) is 13.3. The predicted octanol–water partition coefficient (Wildman–Crippen LogP) is 4.58. The zero-order valence-corrected chi connectivity index (χ0v) is 19.5. The Balaban J connectivity index is 2.30. The van der Waals surface area contributed by atoms with Crippen LogP contribution in [0.4, 0.5) is 0 Å². The fraction of sp³-hybridized carbons (Fsp3) is 0.462. The van der Waals surface area contributed by atoms with Crippen LogP contribution < -0.4 is 10.1 Å². The minimum atomic E-state index is -0.513. The largest absolute Gasteiger partial charge is 0.497 e. The average molecular weight is 425 g/mol. The van der Waals surface area contributed by atoms with Crippen molar-refractivity contribution in [1.29, 1.82) is 0 Å². The number of ether oxygens (including phenoxy) is 1. The number of hydrogen-bond acceptors (Lipinski definition) is 3. The Morgan fingerprint density at radius 1 is 1.03 bits per heavy atom. The molecule has 0 fully saturated rings. The maximum Gasteiger partial charge on any atom is 0.242 e. The van der Waals surface area contributed by atoms with Gasteiger partial charge in [-0.2, -0.15) is 0 Å². The van der Waals surface area contributed by atoms with E-state index in [4.69, 9.17) is 4.74 Å². The van der Waals surface area contributed by atoms with Crippen molar-refractivity contribution in [3.05, 3.63) is 64.7 Å². The molecule has 0 saturated carbocycles. The van der Waals surface area contributed by atoms with Crippen molar-refractivity contribution in [1.82, 2.24) is 10.2 Å². The molecule has 2 amide bonds. The van der Waals surface area contributed by atoms with Crippen LogP contribution in [0.5, 0.6) is 5.75 Å². The molecule has 0 aliphatic heterocycles. The normalized spacial score (nSPS) is 11.6. The Labute approximate surface area is 186 Å². The molecule has 0 aliphatic rings. The third-order valence-corrected chi connectivity index (χ3v) is 5.34. The van der Waals surface area contributed by atoms with Gasteiger partial charge in [-0.25, -0.2) is 0 Å². The first-order valence-corrected chi connectivity index (χ1v) is 11.1. The number of nitrogens with zero attached hydrogens (tertiary/aromatic N) is 1. The summed E-state index contributed by atoms with van der Waals surface area (Å²) in [5, 5.41) is 3.00. The standard InChI is InChI=1S/C26H36N2O3/c1-6-8-12-27-26(30)24(7-2)28(18-21-10-9-11-23(16-21)31-5)25(29)17-22-14-19(3)13-20(4)15-22/h9-11,13-16,24H,6-8,12,17-18H2,1-5H3,(H,27,30)/t24-/m0/s1. The molecule has 0 aromatic heterocycles. The molecular weight excluding hydrogens is 388 g/mol. The Morgan fingerprint density at radius 2 is 1.74 bits per heavy atom. The van der Waals surface area contributed by atoms with E-state index < -0.39 is 6.04 Å². The average Bonchev–Trinajstić information content (AvgIpc) is 2.73. The molecule has 0 radical (unpaired) electrons. The van der Waals surface area contributed by atoms with Crippen molar-refractivity contribution in [3.63, 3.8) is 0 Å². The van der Waals surface area contributed by atoms with E-state index in [9.17, 15) is 9.59 Å². The predicted molar refractivity (Wildman–Crippen MR) is 125 cm³/mol. The molecule has 0 heterocycles. The minimum Gasteiger partial charge on any atom is -0.497 e. The summed E-state index contributed by atoms with van der Waals surface area (Å²) in [6.07, 6.45) is 2.76. The van der Waals surface area contributed by atoms with Gasteiger partial charge >= 0.3 is 0 Å². The van der Waals surface area contributed by atoms with E-state index in [-0.39, 0.29) is 18.2 Å². The third kappa shape index (κ3) is 7.42. The first-order valence-electron chi connectivity index (χ1n) is 11.1. The highest BCUT2D eigenvalue weighted by Crippen LogP contribution is 2.19. The molecule has 1 N–H and O–H groups in total. The van der Waals surface area contributed by atoms with Crippen LogP contribution in [0.3, 0.4) is 0 Å². The minimum absolute atomic E-state index is 0.0506. The molecule has 0 unspecified atom stereocenters. The number of unbranched alkanes of at least 4 members (excludes halogenated alkanes) is 1. The lowest BCUT2D eigenvalue weighted by Crippen LogP contribution is -2.49. The van der Waals surface area contributed by atoms with Crippen LogP contribution in [0, 0.1) is 13.8 Å². The lowest BCUT2D eigenvalue weighted by molar-refractivity contribution is -0.140. The summed E-state index contributed by atoms with van der Waals surface area (Å²) in [4.78, 5) is 28.1. The number of benzene rings is 2. The second-order valence-electron chi connectivity index (χ2n) is 8.11.